The Bertz CT molecular complexity index is 592. The summed E-state index contributed by atoms with van der Waals surface area (Å²) in [4.78, 5) is 2.62. The summed E-state index contributed by atoms with van der Waals surface area (Å²) in [6.07, 6.45) is 17.0. The first-order valence-electron chi connectivity index (χ1n) is 13.0. The molecule has 172 valence electrons. The van der Waals surface area contributed by atoms with Gasteiger partial charge in [0.05, 0.1) is 0 Å². The average Bonchev–Trinajstić information content (AvgIpc) is 2.78. The Morgan fingerprint density at radius 3 is 1.32 bits per heavy atom. The minimum atomic E-state index is 0.878. The highest BCUT2D eigenvalue weighted by molar-refractivity contribution is 5.17. The molecule has 0 saturated heterocycles. The molecule has 0 fully saturated rings. The smallest absolute Gasteiger partial charge is 0.0237 e. The SMILES string of the molecule is CC(C)CCCCCCCCCCCCCN(Cc1ccccc1)Cc1ccccc1. The number of nitrogens with zero attached hydrogens (tertiary/aromatic N) is 1. The standard InChI is InChI=1S/C30H47N/c1-28(2)20-14-10-8-6-4-3-5-7-9-11-19-25-31(26-29-21-15-12-16-22-29)27-30-23-17-13-18-24-30/h12-13,15-18,21-24,28H,3-11,14,19-20,25-27H2,1-2H3. The quantitative estimate of drug-likeness (QED) is 0.217. The van der Waals surface area contributed by atoms with Crippen LogP contribution in [0.15, 0.2) is 60.7 Å². The molecule has 0 atom stereocenters. The van der Waals surface area contributed by atoms with Crippen molar-refractivity contribution in [3.8, 4) is 0 Å². The van der Waals surface area contributed by atoms with Crippen molar-refractivity contribution in [1.82, 2.24) is 4.90 Å². The Morgan fingerprint density at radius 2 is 0.903 bits per heavy atom. The molecule has 1 heteroatoms. The van der Waals surface area contributed by atoms with Gasteiger partial charge in [0.25, 0.3) is 0 Å². The number of rotatable bonds is 18. The van der Waals surface area contributed by atoms with Crippen molar-refractivity contribution in [2.24, 2.45) is 5.92 Å². The van der Waals surface area contributed by atoms with Gasteiger partial charge in [-0.1, -0.05) is 145 Å². The van der Waals surface area contributed by atoms with Gasteiger partial charge in [-0.2, -0.15) is 0 Å². The fourth-order valence-corrected chi connectivity index (χ4v) is 4.38. The number of unbranched alkanes of at least 4 members (excludes halogenated alkanes) is 10. The van der Waals surface area contributed by atoms with Crippen molar-refractivity contribution in [2.45, 2.75) is 104 Å². The molecule has 0 aromatic heterocycles. The minimum Gasteiger partial charge on any atom is -0.295 e. The van der Waals surface area contributed by atoms with E-state index in [0.717, 1.165) is 19.0 Å². The van der Waals surface area contributed by atoms with Crippen LogP contribution >= 0.6 is 0 Å². The van der Waals surface area contributed by atoms with Gasteiger partial charge in [-0.25, -0.2) is 0 Å². The molecule has 0 radical (unpaired) electrons. The summed E-state index contributed by atoms with van der Waals surface area (Å²) in [5.41, 5.74) is 2.84. The topological polar surface area (TPSA) is 3.24 Å². The highest BCUT2D eigenvalue weighted by Gasteiger charge is 2.07. The van der Waals surface area contributed by atoms with Gasteiger partial charge < -0.3 is 0 Å². The minimum absolute atomic E-state index is 0.878. The second-order valence-electron chi connectivity index (χ2n) is 9.75. The van der Waals surface area contributed by atoms with Crippen LogP contribution in [0, 0.1) is 5.92 Å². The van der Waals surface area contributed by atoms with E-state index >= 15 is 0 Å². The molecule has 0 heterocycles. The van der Waals surface area contributed by atoms with Crippen LogP contribution in [0.2, 0.25) is 0 Å². The maximum atomic E-state index is 2.62. The first kappa shape index (κ1) is 25.7. The van der Waals surface area contributed by atoms with Crippen molar-refractivity contribution >= 4 is 0 Å². The molecular formula is C30H47N. The third-order valence-electron chi connectivity index (χ3n) is 6.25. The van der Waals surface area contributed by atoms with Crippen molar-refractivity contribution in [2.75, 3.05) is 6.54 Å². The lowest BCUT2D eigenvalue weighted by atomic mass is 10.0. The van der Waals surface area contributed by atoms with Crippen LogP contribution in [0.5, 0.6) is 0 Å². The predicted molar refractivity (Wildman–Crippen MR) is 137 cm³/mol. The monoisotopic (exact) mass is 421 g/mol. The summed E-state index contributed by atoms with van der Waals surface area (Å²) < 4.78 is 0. The molecule has 2 rings (SSSR count). The Balaban J connectivity index is 1.53. The largest absolute Gasteiger partial charge is 0.295 e. The fraction of sp³-hybridized carbons (Fsp3) is 0.600. The predicted octanol–water partition coefficient (Wildman–Crippen LogP) is 9.03. The van der Waals surface area contributed by atoms with Crippen molar-refractivity contribution in [1.29, 1.82) is 0 Å². The third kappa shape index (κ3) is 13.4. The van der Waals surface area contributed by atoms with E-state index in [0.29, 0.717) is 0 Å². The van der Waals surface area contributed by atoms with E-state index in [9.17, 15) is 0 Å². The van der Waals surface area contributed by atoms with Crippen LogP contribution in [0.25, 0.3) is 0 Å². The van der Waals surface area contributed by atoms with Gasteiger partial charge in [0.1, 0.15) is 0 Å². The van der Waals surface area contributed by atoms with Crippen molar-refractivity contribution in [3.63, 3.8) is 0 Å². The molecule has 2 aromatic carbocycles. The van der Waals surface area contributed by atoms with E-state index in [4.69, 9.17) is 0 Å². The van der Waals surface area contributed by atoms with Crippen LogP contribution in [-0.2, 0) is 13.1 Å². The highest BCUT2D eigenvalue weighted by atomic mass is 15.1. The molecule has 0 N–H and O–H groups in total. The molecule has 0 spiro atoms. The maximum Gasteiger partial charge on any atom is 0.0237 e. The zero-order valence-electron chi connectivity index (χ0n) is 20.4. The van der Waals surface area contributed by atoms with Gasteiger partial charge in [0, 0.05) is 13.1 Å². The molecule has 1 nitrogen and oxygen atoms in total. The lowest BCUT2D eigenvalue weighted by Gasteiger charge is -2.22. The van der Waals surface area contributed by atoms with Crippen LogP contribution in [0.1, 0.15) is 102 Å². The molecule has 0 amide bonds. The molecule has 31 heavy (non-hydrogen) atoms. The van der Waals surface area contributed by atoms with Gasteiger partial charge in [0.15, 0.2) is 0 Å². The van der Waals surface area contributed by atoms with E-state index in [2.05, 4.69) is 79.4 Å². The summed E-state index contributed by atoms with van der Waals surface area (Å²) in [7, 11) is 0. The third-order valence-corrected chi connectivity index (χ3v) is 6.25. The molecule has 0 saturated carbocycles. The summed E-state index contributed by atoms with van der Waals surface area (Å²) in [5.74, 6) is 0.878. The van der Waals surface area contributed by atoms with Gasteiger partial charge in [-0.05, 0) is 30.0 Å². The molecule has 2 aromatic rings. The van der Waals surface area contributed by atoms with Gasteiger partial charge in [-0.15, -0.1) is 0 Å². The van der Waals surface area contributed by atoms with E-state index in [1.807, 2.05) is 0 Å². The van der Waals surface area contributed by atoms with E-state index in [1.165, 1.54) is 94.7 Å². The summed E-state index contributed by atoms with van der Waals surface area (Å²) >= 11 is 0. The van der Waals surface area contributed by atoms with Gasteiger partial charge in [-0.3, -0.25) is 4.90 Å². The van der Waals surface area contributed by atoms with Crippen LogP contribution in [0.4, 0.5) is 0 Å². The average molecular weight is 422 g/mol. The Kier molecular flexibility index (Phi) is 14.1. The molecule has 0 aliphatic heterocycles. The van der Waals surface area contributed by atoms with E-state index < -0.39 is 0 Å². The number of hydrogen-bond acceptors (Lipinski definition) is 1. The fourth-order valence-electron chi connectivity index (χ4n) is 4.38. The van der Waals surface area contributed by atoms with Gasteiger partial charge >= 0.3 is 0 Å². The second kappa shape index (κ2) is 17.0. The molecule has 0 aliphatic rings. The van der Waals surface area contributed by atoms with Crippen LogP contribution in [0.3, 0.4) is 0 Å². The molecular weight excluding hydrogens is 374 g/mol. The van der Waals surface area contributed by atoms with Crippen molar-refractivity contribution < 1.29 is 0 Å². The Hall–Kier alpha value is -1.60. The Morgan fingerprint density at radius 1 is 0.516 bits per heavy atom. The Labute approximate surface area is 193 Å². The molecule has 0 bridgehead atoms. The molecule has 0 unspecified atom stereocenters. The second-order valence-corrected chi connectivity index (χ2v) is 9.75. The normalized spacial score (nSPS) is 11.5. The molecule has 0 aliphatic carbocycles. The zero-order valence-corrected chi connectivity index (χ0v) is 20.4. The number of hydrogen-bond donors (Lipinski definition) is 0. The highest BCUT2D eigenvalue weighted by Crippen LogP contribution is 2.15. The summed E-state index contributed by atoms with van der Waals surface area (Å²) in [6.45, 7) is 7.97. The van der Waals surface area contributed by atoms with Crippen LogP contribution in [-0.4, -0.2) is 11.4 Å². The first-order valence-corrected chi connectivity index (χ1v) is 13.0. The van der Waals surface area contributed by atoms with Crippen LogP contribution < -0.4 is 0 Å². The lowest BCUT2D eigenvalue weighted by molar-refractivity contribution is 0.250. The van der Waals surface area contributed by atoms with Crippen molar-refractivity contribution in [3.05, 3.63) is 71.8 Å². The zero-order chi connectivity index (χ0) is 22.0. The van der Waals surface area contributed by atoms with E-state index in [1.54, 1.807) is 0 Å². The summed E-state index contributed by atoms with van der Waals surface area (Å²) in [6, 6.07) is 21.8. The number of benzene rings is 2. The van der Waals surface area contributed by atoms with Gasteiger partial charge in [0.2, 0.25) is 0 Å². The maximum absolute atomic E-state index is 2.62. The van der Waals surface area contributed by atoms with E-state index in [-0.39, 0.29) is 0 Å². The first-order chi connectivity index (χ1) is 15.2. The lowest BCUT2D eigenvalue weighted by Crippen LogP contribution is -2.24. The summed E-state index contributed by atoms with van der Waals surface area (Å²) in [5, 5.41) is 0.